The van der Waals surface area contributed by atoms with E-state index in [2.05, 4.69) is 24.3 Å². The van der Waals surface area contributed by atoms with E-state index in [9.17, 15) is 10.5 Å². The molecular formula is C20H14N2. The lowest BCUT2D eigenvalue weighted by molar-refractivity contribution is 0.178. The summed E-state index contributed by atoms with van der Waals surface area (Å²) in [6.45, 7) is 0. The van der Waals surface area contributed by atoms with Gasteiger partial charge in [-0.25, -0.2) is 0 Å². The molecule has 0 saturated heterocycles. The van der Waals surface area contributed by atoms with Gasteiger partial charge in [0.25, 0.3) is 0 Å². The molecule has 2 heteroatoms. The molecule has 4 rings (SSSR count). The van der Waals surface area contributed by atoms with Crippen LogP contribution < -0.4 is 0 Å². The molecule has 0 aromatic heterocycles. The Morgan fingerprint density at radius 3 is 2.41 bits per heavy atom. The molecule has 2 aromatic carbocycles. The van der Waals surface area contributed by atoms with E-state index in [0.29, 0.717) is 5.57 Å². The highest BCUT2D eigenvalue weighted by molar-refractivity contribution is 5.83. The van der Waals surface area contributed by atoms with Crippen LogP contribution in [-0.2, 0) is 5.41 Å². The number of benzene rings is 2. The molecule has 2 nitrogen and oxygen atoms in total. The molecule has 1 fully saturated rings. The number of nitriles is 2. The van der Waals surface area contributed by atoms with Crippen LogP contribution in [0.2, 0.25) is 0 Å². The van der Waals surface area contributed by atoms with Gasteiger partial charge in [0.1, 0.15) is 0 Å². The molecule has 0 radical (unpaired) electrons. The SMILES string of the molecule is N#CC1=CC2C[C@H](c3ccccc3)[C@]2(C#N)c2ccccc21. The summed E-state index contributed by atoms with van der Waals surface area (Å²) in [7, 11) is 0. The van der Waals surface area contributed by atoms with Gasteiger partial charge in [-0.05, 0) is 23.1 Å². The van der Waals surface area contributed by atoms with Crippen molar-refractivity contribution in [1.29, 1.82) is 10.5 Å². The average molecular weight is 282 g/mol. The number of fused-ring (bicyclic) bond motifs is 3. The molecule has 3 atom stereocenters. The molecule has 22 heavy (non-hydrogen) atoms. The van der Waals surface area contributed by atoms with Gasteiger partial charge >= 0.3 is 0 Å². The highest BCUT2D eigenvalue weighted by Gasteiger charge is 2.58. The van der Waals surface area contributed by atoms with Crippen molar-refractivity contribution in [3.8, 4) is 12.1 Å². The van der Waals surface area contributed by atoms with Gasteiger partial charge in [0.05, 0.1) is 23.1 Å². The van der Waals surface area contributed by atoms with E-state index in [1.165, 1.54) is 5.56 Å². The van der Waals surface area contributed by atoms with Crippen molar-refractivity contribution in [2.24, 2.45) is 5.92 Å². The average Bonchev–Trinajstić information content (AvgIpc) is 2.56. The lowest BCUT2D eigenvalue weighted by atomic mass is 9.46. The Morgan fingerprint density at radius 1 is 0.955 bits per heavy atom. The molecule has 0 N–H and O–H groups in total. The smallest absolute Gasteiger partial charge is 0.0994 e. The maximum absolute atomic E-state index is 10.0. The highest BCUT2D eigenvalue weighted by Crippen LogP contribution is 2.62. The molecule has 0 aliphatic heterocycles. The highest BCUT2D eigenvalue weighted by atomic mass is 14.6. The third kappa shape index (κ3) is 1.47. The van der Waals surface area contributed by atoms with E-state index in [-0.39, 0.29) is 11.8 Å². The van der Waals surface area contributed by atoms with Crippen molar-refractivity contribution in [3.63, 3.8) is 0 Å². The van der Waals surface area contributed by atoms with Crippen LogP contribution >= 0.6 is 0 Å². The summed E-state index contributed by atoms with van der Waals surface area (Å²) >= 11 is 0. The molecule has 0 amide bonds. The maximum Gasteiger partial charge on any atom is 0.0994 e. The van der Waals surface area contributed by atoms with Gasteiger partial charge in [-0.1, -0.05) is 60.7 Å². The first-order valence-corrected chi connectivity index (χ1v) is 7.49. The molecule has 0 bridgehead atoms. The first-order valence-electron chi connectivity index (χ1n) is 7.49. The number of hydrogen-bond acceptors (Lipinski definition) is 2. The summed E-state index contributed by atoms with van der Waals surface area (Å²) in [4.78, 5) is 0. The number of nitrogens with zero attached hydrogens (tertiary/aromatic N) is 2. The summed E-state index contributed by atoms with van der Waals surface area (Å²) in [5.74, 6) is 0.327. The fourth-order valence-electron chi connectivity index (χ4n) is 4.08. The second kappa shape index (κ2) is 4.58. The van der Waals surface area contributed by atoms with Crippen LogP contribution in [0.5, 0.6) is 0 Å². The lowest BCUT2D eigenvalue weighted by Gasteiger charge is -2.53. The first kappa shape index (κ1) is 12.9. The minimum atomic E-state index is -0.529. The number of hydrogen-bond donors (Lipinski definition) is 0. The van der Waals surface area contributed by atoms with Crippen molar-refractivity contribution in [2.45, 2.75) is 17.8 Å². The van der Waals surface area contributed by atoms with Crippen LogP contribution in [0.3, 0.4) is 0 Å². The molecule has 2 aromatic rings. The first-order chi connectivity index (χ1) is 10.8. The summed E-state index contributed by atoms with van der Waals surface area (Å²) < 4.78 is 0. The number of allylic oxidation sites excluding steroid dienone is 2. The van der Waals surface area contributed by atoms with Gasteiger partial charge in [-0.2, -0.15) is 10.5 Å². The summed E-state index contributed by atoms with van der Waals surface area (Å²) in [5.41, 5.74) is 3.32. The van der Waals surface area contributed by atoms with Crippen LogP contribution in [0.15, 0.2) is 60.7 Å². The molecule has 2 aliphatic rings. The molecular weight excluding hydrogens is 268 g/mol. The minimum absolute atomic E-state index is 0.132. The fourth-order valence-corrected chi connectivity index (χ4v) is 4.08. The standard InChI is InChI=1S/C20H14N2/c21-12-15-10-16-11-19(14-6-2-1-3-7-14)20(16,13-22)18-9-5-4-8-17(15)18/h1-10,16,19H,11H2/t16?,19-,20+/m1/s1. The van der Waals surface area contributed by atoms with Gasteiger partial charge in [-0.3, -0.25) is 0 Å². The second-order valence-corrected chi connectivity index (χ2v) is 6.02. The van der Waals surface area contributed by atoms with E-state index < -0.39 is 5.41 Å². The molecule has 104 valence electrons. The molecule has 0 spiro atoms. The zero-order chi connectivity index (χ0) is 15.2. The van der Waals surface area contributed by atoms with Crippen LogP contribution in [0.4, 0.5) is 0 Å². The molecule has 1 unspecified atom stereocenters. The predicted molar refractivity (Wildman–Crippen MR) is 84.6 cm³/mol. The third-order valence-electron chi connectivity index (χ3n) is 5.16. The molecule has 2 aliphatic carbocycles. The van der Waals surface area contributed by atoms with E-state index in [1.54, 1.807) is 0 Å². The van der Waals surface area contributed by atoms with Crippen LogP contribution in [-0.4, -0.2) is 0 Å². The van der Waals surface area contributed by atoms with Crippen LogP contribution in [0.25, 0.3) is 5.57 Å². The predicted octanol–water partition coefficient (Wildman–Crippen LogP) is 4.17. The Morgan fingerprint density at radius 2 is 1.68 bits per heavy atom. The normalized spacial score (nSPS) is 28.2. The third-order valence-corrected chi connectivity index (χ3v) is 5.16. The lowest BCUT2D eigenvalue weighted by Crippen LogP contribution is -2.51. The quantitative estimate of drug-likeness (QED) is 0.788. The van der Waals surface area contributed by atoms with E-state index in [1.807, 2.05) is 48.5 Å². The van der Waals surface area contributed by atoms with E-state index in [0.717, 1.165) is 17.5 Å². The monoisotopic (exact) mass is 282 g/mol. The van der Waals surface area contributed by atoms with E-state index in [4.69, 9.17) is 0 Å². The van der Waals surface area contributed by atoms with Crippen LogP contribution in [0.1, 0.15) is 29.0 Å². The van der Waals surface area contributed by atoms with Crippen molar-refractivity contribution in [2.75, 3.05) is 0 Å². The Hall–Kier alpha value is -2.84. The Balaban J connectivity index is 1.92. The van der Waals surface area contributed by atoms with Gasteiger partial charge in [0.15, 0.2) is 0 Å². The van der Waals surface area contributed by atoms with Gasteiger partial charge < -0.3 is 0 Å². The topological polar surface area (TPSA) is 47.6 Å². The maximum atomic E-state index is 10.0. The Bertz CT molecular complexity index is 851. The fraction of sp³-hybridized carbons (Fsp3) is 0.200. The van der Waals surface area contributed by atoms with Crippen molar-refractivity contribution in [1.82, 2.24) is 0 Å². The van der Waals surface area contributed by atoms with Crippen molar-refractivity contribution >= 4 is 5.57 Å². The summed E-state index contributed by atoms with van der Waals surface area (Å²) in [6, 6.07) is 23.0. The number of rotatable bonds is 1. The Labute approximate surface area is 129 Å². The van der Waals surface area contributed by atoms with Crippen LogP contribution in [0, 0.1) is 28.6 Å². The summed E-state index contributed by atoms with van der Waals surface area (Å²) in [6.07, 6.45) is 2.93. The van der Waals surface area contributed by atoms with E-state index >= 15 is 0 Å². The second-order valence-electron chi connectivity index (χ2n) is 6.02. The van der Waals surface area contributed by atoms with Gasteiger partial charge in [-0.15, -0.1) is 0 Å². The Kier molecular flexibility index (Phi) is 2.68. The molecule has 1 saturated carbocycles. The minimum Gasteiger partial charge on any atom is -0.197 e. The van der Waals surface area contributed by atoms with Gasteiger partial charge in [0.2, 0.25) is 0 Å². The zero-order valence-electron chi connectivity index (χ0n) is 12.0. The van der Waals surface area contributed by atoms with Crippen molar-refractivity contribution in [3.05, 3.63) is 77.4 Å². The molecule has 0 heterocycles. The van der Waals surface area contributed by atoms with Gasteiger partial charge in [0, 0.05) is 11.8 Å². The summed E-state index contributed by atoms with van der Waals surface area (Å²) in [5, 5.41) is 19.5. The zero-order valence-corrected chi connectivity index (χ0v) is 12.0. The van der Waals surface area contributed by atoms with Crippen molar-refractivity contribution < 1.29 is 0 Å². The largest absolute Gasteiger partial charge is 0.197 e.